The van der Waals surface area contributed by atoms with Gasteiger partial charge in [-0.25, -0.2) is 0 Å². The van der Waals surface area contributed by atoms with Crippen LogP contribution >= 0.6 is 0 Å². The molecule has 0 fully saturated rings. The van der Waals surface area contributed by atoms with E-state index in [-0.39, 0.29) is 25.9 Å². The number of fused-ring (bicyclic) bond motifs is 4. The fourth-order valence-electron chi connectivity index (χ4n) is 6.23. The van der Waals surface area contributed by atoms with Crippen LogP contribution in [0.3, 0.4) is 0 Å². The average Bonchev–Trinajstić information content (AvgIpc) is 3.91. The van der Waals surface area contributed by atoms with Gasteiger partial charge in [-0.2, -0.15) is 42.1 Å². The molecule has 0 amide bonds. The summed E-state index contributed by atoms with van der Waals surface area (Å²) < 4.78 is 10.8. The summed E-state index contributed by atoms with van der Waals surface area (Å²) >= 11 is 0. The van der Waals surface area contributed by atoms with Crippen LogP contribution in [0.15, 0.2) is 169 Å². The summed E-state index contributed by atoms with van der Waals surface area (Å²) in [5, 5.41) is 31.7. The first-order chi connectivity index (χ1) is 28.1. The van der Waals surface area contributed by atoms with E-state index in [1.54, 1.807) is 42.2 Å². The minimum atomic E-state index is 0. The van der Waals surface area contributed by atoms with Crippen LogP contribution in [0.4, 0.5) is 5.69 Å². The Labute approximate surface area is 348 Å². The second kappa shape index (κ2) is 18.2. The van der Waals surface area contributed by atoms with E-state index in [1.165, 1.54) is 0 Å². The Bertz CT molecular complexity index is 2760. The number of phenols is 1. The van der Waals surface area contributed by atoms with Gasteiger partial charge in [0.15, 0.2) is 0 Å². The molecule has 2 aromatic heterocycles. The number of nitrogens with zero attached hydrogens (tertiary/aromatic N) is 7. The molecule has 2 heterocycles. The Hall–Kier alpha value is -7.20. The third-order valence-corrected chi connectivity index (χ3v) is 9.03. The zero-order valence-corrected chi connectivity index (χ0v) is 33.8. The van der Waals surface area contributed by atoms with E-state index in [0.717, 1.165) is 77.7 Å². The van der Waals surface area contributed by atoms with Gasteiger partial charge in [0.25, 0.3) is 0 Å². The Morgan fingerprint density at radius 2 is 0.879 bits per heavy atom. The summed E-state index contributed by atoms with van der Waals surface area (Å²) in [4.78, 5) is 7.52. The van der Waals surface area contributed by atoms with Gasteiger partial charge in [0.05, 0.1) is 19.9 Å². The van der Waals surface area contributed by atoms with Crippen molar-refractivity contribution in [3.05, 3.63) is 181 Å². The Kier molecular flexibility index (Phi) is 12.2. The normalized spacial score (nSPS) is 10.8. The molecule has 0 saturated heterocycles. The number of ether oxygens (including phenoxy) is 2. The SMILES string of the molecule is COc1c[c-]c(-n2nc3ccccc3n2)c2ccccc12.COc1c[c-]c(-n2nc3ccccc3n2)c2ccccc12.Oc1ccccc1C=Nc1ccccc1.[Ir]. The van der Waals surface area contributed by atoms with Crippen LogP contribution in [-0.4, -0.2) is 55.5 Å². The van der Waals surface area contributed by atoms with Gasteiger partial charge in [-0.15, -0.1) is 24.3 Å². The molecule has 10 aromatic rings. The average molecular weight is 938 g/mol. The third kappa shape index (κ3) is 8.46. The molecule has 0 saturated carbocycles. The number of aliphatic imine (C=N–C) groups is 1. The van der Waals surface area contributed by atoms with E-state index in [2.05, 4.69) is 37.5 Å². The first-order valence-corrected chi connectivity index (χ1v) is 18.1. The second-order valence-electron chi connectivity index (χ2n) is 12.6. The Balaban J connectivity index is 0.000000134. The van der Waals surface area contributed by atoms with Gasteiger partial charge in [-0.3, -0.25) is 4.99 Å². The molecule has 1 N–H and O–H groups in total. The van der Waals surface area contributed by atoms with Crippen molar-refractivity contribution in [1.29, 1.82) is 0 Å². The van der Waals surface area contributed by atoms with E-state index in [4.69, 9.17) is 9.47 Å². The van der Waals surface area contributed by atoms with Crippen LogP contribution in [0.5, 0.6) is 17.2 Å². The number of aromatic hydroxyl groups is 1. The van der Waals surface area contributed by atoms with Crippen LogP contribution in [0, 0.1) is 12.1 Å². The van der Waals surface area contributed by atoms with Crippen LogP contribution < -0.4 is 9.47 Å². The maximum absolute atomic E-state index is 9.50. The van der Waals surface area contributed by atoms with Gasteiger partial charge in [0.2, 0.25) is 0 Å². The summed E-state index contributed by atoms with van der Waals surface area (Å²) in [6.07, 6.45) is 1.66. The van der Waals surface area contributed by atoms with Crippen LogP contribution in [0.25, 0.3) is 55.0 Å². The van der Waals surface area contributed by atoms with Crippen molar-refractivity contribution in [2.75, 3.05) is 14.2 Å². The van der Waals surface area contributed by atoms with Crippen molar-refractivity contribution >= 4 is 55.5 Å². The van der Waals surface area contributed by atoms with Gasteiger partial charge in [-0.05, 0) is 59.9 Å². The van der Waals surface area contributed by atoms with Crippen molar-refractivity contribution in [1.82, 2.24) is 30.0 Å². The number of phenolic OH excluding ortho intramolecular Hbond substituents is 1. The fraction of sp³-hybridized carbons (Fsp3) is 0.0426. The monoisotopic (exact) mass is 938 g/mol. The van der Waals surface area contributed by atoms with E-state index in [0.29, 0.717) is 0 Å². The molecule has 0 aliphatic carbocycles. The summed E-state index contributed by atoms with van der Waals surface area (Å²) in [6, 6.07) is 58.5. The molecule has 0 aliphatic heterocycles. The minimum absolute atomic E-state index is 0. The number of aromatic nitrogens is 6. The van der Waals surface area contributed by atoms with Crippen molar-refractivity contribution < 1.29 is 34.7 Å². The predicted octanol–water partition coefficient (Wildman–Crippen LogP) is 9.91. The molecule has 0 spiro atoms. The number of hydrogen-bond donors (Lipinski definition) is 1. The zero-order chi connectivity index (χ0) is 39.0. The number of methoxy groups -OCH3 is 2. The number of hydrogen-bond acceptors (Lipinski definition) is 8. The van der Waals surface area contributed by atoms with E-state index in [9.17, 15) is 5.11 Å². The Morgan fingerprint density at radius 3 is 1.31 bits per heavy atom. The standard InChI is InChI=1S/2C17H12N3O.C13H11NO.Ir/c2*1-21-17-11-10-16(12-6-2-3-7-13(12)17)20-18-14-8-4-5-9-15(14)19-20;15-13-9-5-4-6-11(13)10-14-12-7-2-1-3-8-12;/h2*2-9,11H,1H3;1-10,15H;/q2*-1;;. The molecule has 11 heteroatoms. The molecule has 10 nitrogen and oxygen atoms in total. The summed E-state index contributed by atoms with van der Waals surface area (Å²) in [5.41, 5.74) is 6.71. The second-order valence-corrected chi connectivity index (χ2v) is 12.6. The van der Waals surface area contributed by atoms with Gasteiger partial charge in [0.1, 0.15) is 27.8 Å². The van der Waals surface area contributed by atoms with Gasteiger partial charge < -0.3 is 14.6 Å². The Morgan fingerprint density at radius 1 is 0.500 bits per heavy atom. The van der Waals surface area contributed by atoms with Crippen molar-refractivity contribution in [2.24, 2.45) is 4.99 Å². The predicted molar refractivity (Wildman–Crippen MR) is 225 cm³/mol. The summed E-state index contributed by atoms with van der Waals surface area (Å²) in [5.74, 6) is 1.84. The largest absolute Gasteiger partial charge is 0.554 e. The summed E-state index contributed by atoms with van der Waals surface area (Å²) in [6.45, 7) is 0. The molecule has 58 heavy (non-hydrogen) atoms. The molecule has 0 atom stereocenters. The van der Waals surface area contributed by atoms with Gasteiger partial charge in [0, 0.05) is 43.4 Å². The molecule has 0 bridgehead atoms. The van der Waals surface area contributed by atoms with Crippen molar-refractivity contribution in [3.63, 3.8) is 0 Å². The van der Waals surface area contributed by atoms with Crippen LogP contribution in [0.2, 0.25) is 0 Å². The van der Waals surface area contributed by atoms with Gasteiger partial charge in [-0.1, -0.05) is 113 Å². The van der Waals surface area contributed by atoms with E-state index in [1.807, 2.05) is 152 Å². The van der Waals surface area contributed by atoms with E-state index < -0.39 is 0 Å². The maximum atomic E-state index is 9.50. The molecule has 10 rings (SSSR count). The molecular weight excluding hydrogens is 903 g/mol. The van der Waals surface area contributed by atoms with Crippen LogP contribution in [-0.2, 0) is 20.1 Å². The van der Waals surface area contributed by atoms with Crippen molar-refractivity contribution in [3.8, 4) is 28.6 Å². The van der Waals surface area contributed by atoms with Crippen LogP contribution in [0.1, 0.15) is 5.56 Å². The first-order valence-electron chi connectivity index (χ1n) is 18.1. The maximum Gasteiger partial charge on any atom is 0.124 e. The molecule has 1 radical (unpaired) electrons. The van der Waals surface area contributed by atoms with Gasteiger partial charge >= 0.3 is 0 Å². The first kappa shape index (κ1) is 39.0. The molecule has 8 aromatic carbocycles. The topological polar surface area (TPSA) is 112 Å². The quantitative estimate of drug-likeness (QED) is 0.131. The zero-order valence-electron chi connectivity index (χ0n) is 31.4. The number of para-hydroxylation sites is 2. The fourth-order valence-corrected chi connectivity index (χ4v) is 6.23. The van der Waals surface area contributed by atoms with E-state index >= 15 is 0 Å². The third-order valence-electron chi connectivity index (χ3n) is 9.03. The minimum Gasteiger partial charge on any atom is -0.554 e. The number of benzene rings is 8. The summed E-state index contributed by atoms with van der Waals surface area (Å²) in [7, 11) is 3.32. The molecular formula is C47H35IrN7O3-2. The number of rotatable bonds is 6. The molecule has 0 aliphatic rings. The van der Waals surface area contributed by atoms with Crippen molar-refractivity contribution in [2.45, 2.75) is 0 Å². The molecule has 287 valence electrons. The molecule has 0 unspecified atom stereocenters. The smallest absolute Gasteiger partial charge is 0.124 e.